The number of hydrogen-bond acceptors (Lipinski definition) is 3. The fraction of sp³-hybridized carbons (Fsp3) is 0.800. The second kappa shape index (κ2) is 3.97. The topological polar surface area (TPSA) is 41.6 Å². The van der Waals surface area contributed by atoms with E-state index in [-0.39, 0.29) is 6.09 Å². The van der Waals surface area contributed by atoms with Crippen LogP contribution in [0, 0.1) is 0 Å². The molecule has 5 heteroatoms. The lowest BCUT2D eigenvalue weighted by atomic mass is 10.4. The first-order valence-corrected chi connectivity index (χ1v) is 4.01. The molecule has 0 radical (unpaired) electrons. The standard InChI is InChI=1S/C5H9IN2O2/c6-10-5(9)8-3-1-7-2-4-8/h7H,1-4H2. The summed E-state index contributed by atoms with van der Waals surface area (Å²) in [6.45, 7) is 3.24. The molecule has 1 fully saturated rings. The fourth-order valence-electron chi connectivity index (χ4n) is 0.896. The first-order valence-electron chi connectivity index (χ1n) is 3.13. The third-order valence-corrected chi connectivity index (χ3v) is 1.82. The smallest absolute Gasteiger partial charge is 0.378 e. The van der Waals surface area contributed by atoms with Crippen molar-refractivity contribution in [2.24, 2.45) is 0 Å². The summed E-state index contributed by atoms with van der Waals surface area (Å²) in [6.07, 6.45) is -0.234. The van der Waals surface area contributed by atoms with E-state index in [1.165, 1.54) is 0 Å². The zero-order chi connectivity index (χ0) is 7.40. The SMILES string of the molecule is O=C(OI)N1CCNCC1. The average molecular weight is 256 g/mol. The minimum Gasteiger partial charge on any atom is -0.378 e. The molecule has 1 amide bonds. The number of nitrogens with one attached hydrogen (secondary N) is 1. The lowest BCUT2D eigenvalue weighted by Gasteiger charge is -2.25. The highest BCUT2D eigenvalue weighted by Gasteiger charge is 2.15. The van der Waals surface area contributed by atoms with Gasteiger partial charge in [-0.3, -0.25) is 0 Å². The Bertz CT molecular complexity index is 125. The van der Waals surface area contributed by atoms with E-state index in [1.807, 2.05) is 0 Å². The number of carbonyl (C=O) groups is 1. The lowest BCUT2D eigenvalue weighted by Crippen LogP contribution is -2.45. The molecule has 1 aliphatic heterocycles. The van der Waals surface area contributed by atoms with Crippen molar-refractivity contribution < 1.29 is 7.86 Å². The van der Waals surface area contributed by atoms with E-state index in [0.717, 1.165) is 26.2 Å². The Hall–Kier alpha value is -0.0400. The predicted molar refractivity (Wildman–Crippen MR) is 44.9 cm³/mol. The molecule has 0 spiro atoms. The molecule has 0 unspecified atom stereocenters. The molecule has 58 valence electrons. The van der Waals surface area contributed by atoms with Crippen LogP contribution in [0.25, 0.3) is 0 Å². The summed E-state index contributed by atoms with van der Waals surface area (Å²) < 4.78 is 4.52. The summed E-state index contributed by atoms with van der Waals surface area (Å²) in [6, 6.07) is 0. The summed E-state index contributed by atoms with van der Waals surface area (Å²) in [7, 11) is 0. The van der Waals surface area contributed by atoms with Crippen LogP contribution in [-0.4, -0.2) is 37.2 Å². The number of rotatable bonds is 0. The first kappa shape index (κ1) is 8.06. The van der Waals surface area contributed by atoms with Crippen LogP contribution in [0.3, 0.4) is 0 Å². The summed E-state index contributed by atoms with van der Waals surface area (Å²) in [5.74, 6) is 0. The van der Waals surface area contributed by atoms with Gasteiger partial charge in [0.2, 0.25) is 0 Å². The highest BCUT2D eigenvalue weighted by molar-refractivity contribution is 14.1. The van der Waals surface area contributed by atoms with Gasteiger partial charge in [-0.15, -0.1) is 0 Å². The van der Waals surface area contributed by atoms with Crippen molar-refractivity contribution in [3.63, 3.8) is 0 Å². The van der Waals surface area contributed by atoms with Gasteiger partial charge in [-0.2, -0.15) is 0 Å². The van der Waals surface area contributed by atoms with Gasteiger partial charge in [-0.25, -0.2) is 4.79 Å². The van der Waals surface area contributed by atoms with Crippen LogP contribution in [0.4, 0.5) is 4.79 Å². The molecule has 1 saturated heterocycles. The van der Waals surface area contributed by atoms with E-state index in [2.05, 4.69) is 8.38 Å². The number of nitrogens with zero attached hydrogens (tertiary/aromatic N) is 1. The molecule has 4 nitrogen and oxygen atoms in total. The minimum absolute atomic E-state index is 0.234. The lowest BCUT2D eigenvalue weighted by molar-refractivity contribution is 0.160. The largest absolute Gasteiger partial charge is 0.419 e. The van der Waals surface area contributed by atoms with Gasteiger partial charge >= 0.3 is 6.09 Å². The highest BCUT2D eigenvalue weighted by Crippen LogP contribution is 1.99. The fourth-order valence-corrected chi connectivity index (χ4v) is 1.17. The van der Waals surface area contributed by atoms with Crippen molar-refractivity contribution in [1.29, 1.82) is 0 Å². The van der Waals surface area contributed by atoms with Crippen LogP contribution in [0.15, 0.2) is 0 Å². The van der Waals surface area contributed by atoms with Gasteiger partial charge in [0.25, 0.3) is 0 Å². The number of halogens is 1. The van der Waals surface area contributed by atoms with Gasteiger partial charge < -0.3 is 13.3 Å². The Morgan fingerprint density at radius 3 is 2.60 bits per heavy atom. The third kappa shape index (κ3) is 1.98. The maximum atomic E-state index is 10.8. The van der Waals surface area contributed by atoms with Crippen molar-refractivity contribution in [1.82, 2.24) is 10.2 Å². The summed E-state index contributed by atoms with van der Waals surface area (Å²) >= 11 is 1.60. The molecule has 1 N–H and O–H groups in total. The molecule has 1 rings (SSSR count). The van der Waals surface area contributed by atoms with Gasteiger partial charge in [0.1, 0.15) is 0 Å². The van der Waals surface area contributed by atoms with Crippen LogP contribution >= 0.6 is 23.0 Å². The predicted octanol–water partition coefficient (Wildman–Crippen LogP) is 0.378. The van der Waals surface area contributed by atoms with E-state index in [1.54, 1.807) is 27.9 Å². The Morgan fingerprint density at radius 1 is 1.50 bits per heavy atom. The number of piperazine rings is 1. The molecule has 0 aliphatic carbocycles. The highest BCUT2D eigenvalue weighted by atomic mass is 127. The quantitative estimate of drug-likeness (QED) is 0.637. The van der Waals surface area contributed by atoms with E-state index >= 15 is 0 Å². The maximum Gasteiger partial charge on any atom is 0.419 e. The van der Waals surface area contributed by atoms with Crippen LogP contribution in [-0.2, 0) is 3.07 Å². The molecule has 10 heavy (non-hydrogen) atoms. The number of hydrogen-bond donors (Lipinski definition) is 1. The van der Waals surface area contributed by atoms with Crippen LogP contribution in [0.2, 0.25) is 0 Å². The Balaban J connectivity index is 2.31. The molecule has 0 aromatic rings. The minimum atomic E-state index is -0.234. The number of amides is 1. The van der Waals surface area contributed by atoms with E-state index in [0.29, 0.717) is 0 Å². The van der Waals surface area contributed by atoms with Crippen molar-refractivity contribution in [3.8, 4) is 0 Å². The molecule has 0 aromatic heterocycles. The van der Waals surface area contributed by atoms with Crippen molar-refractivity contribution in [3.05, 3.63) is 0 Å². The zero-order valence-electron chi connectivity index (χ0n) is 5.47. The summed E-state index contributed by atoms with van der Waals surface area (Å²) in [4.78, 5) is 12.5. The maximum absolute atomic E-state index is 10.8. The first-order chi connectivity index (χ1) is 4.84. The summed E-state index contributed by atoms with van der Waals surface area (Å²) in [5, 5.41) is 3.14. The molecule has 0 bridgehead atoms. The average Bonchev–Trinajstić information content (AvgIpc) is 2.05. The van der Waals surface area contributed by atoms with Gasteiger partial charge in [0.05, 0.1) is 0 Å². The molecule has 0 saturated carbocycles. The van der Waals surface area contributed by atoms with E-state index < -0.39 is 0 Å². The molecular formula is C5H9IN2O2. The van der Waals surface area contributed by atoms with Crippen LogP contribution in [0.1, 0.15) is 0 Å². The second-order valence-electron chi connectivity index (χ2n) is 2.08. The van der Waals surface area contributed by atoms with Crippen molar-refractivity contribution in [2.45, 2.75) is 0 Å². The molecule has 0 atom stereocenters. The molecular weight excluding hydrogens is 247 g/mol. The molecule has 1 aliphatic rings. The second-order valence-corrected chi connectivity index (χ2v) is 2.52. The van der Waals surface area contributed by atoms with E-state index in [9.17, 15) is 4.79 Å². The zero-order valence-corrected chi connectivity index (χ0v) is 7.63. The van der Waals surface area contributed by atoms with Crippen LogP contribution < -0.4 is 5.32 Å². The van der Waals surface area contributed by atoms with Crippen molar-refractivity contribution in [2.75, 3.05) is 26.2 Å². The van der Waals surface area contributed by atoms with Gasteiger partial charge in [0.15, 0.2) is 23.0 Å². The molecule has 0 aromatic carbocycles. The van der Waals surface area contributed by atoms with E-state index in [4.69, 9.17) is 0 Å². The van der Waals surface area contributed by atoms with Gasteiger partial charge in [-0.1, -0.05) is 0 Å². The Morgan fingerprint density at radius 2 is 2.10 bits per heavy atom. The van der Waals surface area contributed by atoms with Gasteiger partial charge in [0, 0.05) is 26.2 Å². The van der Waals surface area contributed by atoms with Gasteiger partial charge in [-0.05, 0) is 0 Å². The normalized spacial score (nSPS) is 18.7. The van der Waals surface area contributed by atoms with Crippen LogP contribution in [0.5, 0.6) is 0 Å². The Kier molecular flexibility index (Phi) is 3.20. The third-order valence-electron chi connectivity index (χ3n) is 1.44. The summed E-state index contributed by atoms with van der Waals surface area (Å²) in [5.41, 5.74) is 0. The Labute approximate surface area is 73.6 Å². The molecule has 1 heterocycles. The number of carbonyl (C=O) groups excluding carboxylic acids is 1. The monoisotopic (exact) mass is 256 g/mol. The van der Waals surface area contributed by atoms with Crippen molar-refractivity contribution >= 4 is 29.1 Å².